The van der Waals surface area contributed by atoms with Gasteiger partial charge in [0.2, 0.25) is 0 Å². The van der Waals surface area contributed by atoms with E-state index in [9.17, 15) is 28.6 Å². The van der Waals surface area contributed by atoms with Gasteiger partial charge in [-0.15, -0.1) is 0 Å². The summed E-state index contributed by atoms with van der Waals surface area (Å²) in [6.45, 7) is 6.09. The summed E-state index contributed by atoms with van der Waals surface area (Å²) in [7, 11) is -2.52. The normalized spacial score (nSPS) is 18.0. The van der Waals surface area contributed by atoms with Gasteiger partial charge in [-0.05, 0) is 77.4 Å². The number of methoxy groups -OCH3 is 1. The summed E-state index contributed by atoms with van der Waals surface area (Å²) in [6.07, 6.45) is -0.985. The Morgan fingerprint density at radius 3 is 1.34 bits per heavy atom. The average molecular weight is 613 g/mol. The minimum Gasteiger partial charge on any atom is -0.382 e. The van der Waals surface area contributed by atoms with Gasteiger partial charge in [0.25, 0.3) is 23.6 Å². The molecular weight excluding hydrogens is 583 g/mol. The minimum absolute atomic E-state index is 0.0982. The van der Waals surface area contributed by atoms with Crippen LogP contribution in [0.1, 0.15) is 62.2 Å². The van der Waals surface area contributed by atoms with Gasteiger partial charge in [-0.1, -0.05) is 24.3 Å². The van der Waals surface area contributed by atoms with E-state index in [1.807, 2.05) is 38.1 Å². The van der Waals surface area contributed by atoms with Gasteiger partial charge in [0.15, 0.2) is 0 Å². The van der Waals surface area contributed by atoms with Gasteiger partial charge in [-0.3, -0.25) is 33.5 Å². The SMILES string of the molecule is COC[C@@H]([C@H](C)OP(C)(=O)O)N1C(=O)c2ccc3c4ccc5c6c(ccc(c7ccc(c2c37)C1=O)c64)C(=O)N(C(C)C)C5=O. The second-order valence-corrected chi connectivity index (χ2v) is 13.7. The van der Waals surface area contributed by atoms with Crippen molar-refractivity contribution in [2.24, 2.45) is 0 Å². The van der Waals surface area contributed by atoms with E-state index < -0.39 is 31.6 Å². The van der Waals surface area contributed by atoms with Crippen LogP contribution in [0.2, 0.25) is 0 Å². The second kappa shape index (κ2) is 9.64. The number of hydrogen-bond donors (Lipinski definition) is 1. The fourth-order valence-electron chi connectivity index (χ4n) is 7.04. The van der Waals surface area contributed by atoms with Gasteiger partial charge in [0, 0.05) is 52.8 Å². The quantitative estimate of drug-likeness (QED) is 0.109. The monoisotopic (exact) mass is 612 g/mol. The van der Waals surface area contributed by atoms with Gasteiger partial charge in [-0.25, -0.2) is 0 Å². The lowest BCUT2D eigenvalue weighted by Gasteiger charge is -2.37. The molecule has 2 aliphatic rings. The Morgan fingerprint density at radius 2 is 1.02 bits per heavy atom. The summed E-state index contributed by atoms with van der Waals surface area (Å²) in [5.74, 6) is -1.79. The summed E-state index contributed by atoms with van der Waals surface area (Å²) in [4.78, 5) is 67.2. The lowest BCUT2D eigenvalue weighted by Crippen LogP contribution is -2.53. The van der Waals surface area contributed by atoms with Gasteiger partial charge < -0.3 is 14.2 Å². The fourth-order valence-corrected chi connectivity index (χ4v) is 7.80. The predicted molar refractivity (Wildman–Crippen MR) is 166 cm³/mol. The van der Waals surface area contributed by atoms with E-state index in [0.29, 0.717) is 33.0 Å². The minimum atomic E-state index is -3.93. The lowest BCUT2D eigenvalue weighted by molar-refractivity contribution is 0.0158. The van der Waals surface area contributed by atoms with Crippen molar-refractivity contribution in [2.45, 2.75) is 39.0 Å². The number of ether oxygens (including phenoxy) is 1. The third-order valence-electron chi connectivity index (χ3n) is 8.79. The Hall–Kier alpha value is -4.21. The van der Waals surface area contributed by atoms with Gasteiger partial charge in [0.05, 0.1) is 18.8 Å². The van der Waals surface area contributed by atoms with Crippen molar-refractivity contribution in [1.82, 2.24) is 9.80 Å². The van der Waals surface area contributed by atoms with Crippen LogP contribution in [0.4, 0.5) is 0 Å². The molecule has 1 N–H and O–H groups in total. The average Bonchev–Trinajstić information content (AvgIpc) is 2.96. The first-order chi connectivity index (χ1) is 20.9. The zero-order valence-corrected chi connectivity index (χ0v) is 25.6. The van der Waals surface area contributed by atoms with E-state index in [0.717, 1.165) is 43.9 Å². The van der Waals surface area contributed by atoms with E-state index in [1.165, 1.54) is 18.9 Å². The third kappa shape index (κ3) is 3.81. The number of hydrogen-bond acceptors (Lipinski definition) is 7. The molecule has 0 aliphatic carbocycles. The first-order valence-corrected chi connectivity index (χ1v) is 16.3. The van der Waals surface area contributed by atoms with Crippen molar-refractivity contribution in [1.29, 1.82) is 0 Å². The van der Waals surface area contributed by atoms with Gasteiger partial charge in [-0.2, -0.15) is 0 Å². The highest BCUT2D eigenvalue weighted by atomic mass is 31.2. The molecule has 7 rings (SSSR count). The Morgan fingerprint density at radius 1 is 0.659 bits per heavy atom. The van der Waals surface area contributed by atoms with Gasteiger partial charge in [0.1, 0.15) is 0 Å². The number of imide groups is 2. The number of fused-ring (bicyclic) bond motifs is 2. The molecule has 0 bridgehead atoms. The molecule has 2 heterocycles. The van der Waals surface area contributed by atoms with E-state index in [-0.39, 0.29) is 24.5 Å². The maximum Gasteiger partial charge on any atom is 0.325 e. The molecule has 5 aromatic carbocycles. The van der Waals surface area contributed by atoms with Crippen molar-refractivity contribution >= 4 is 74.3 Å². The van der Waals surface area contributed by atoms with Gasteiger partial charge >= 0.3 is 7.60 Å². The molecule has 4 amide bonds. The number of nitrogens with zero attached hydrogens (tertiary/aromatic N) is 2. The molecule has 5 aromatic rings. The van der Waals surface area contributed by atoms with E-state index >= 15 is 0 Å². The van der Waals surface area contributed by atoms with Crippen molar-refractivity contribution in [3.8, 4) is 0 Å². The number of carbonyl (C=O) groups excluding carboxylic acids is 4. The molecule has 0 fully saturated rings. The van der Waals surface area contributed by atoms with Crippen LogP contribution in [-0.4, -0.2) is 76.9 Å². The molecule has 0 spiro atoms. The lowest BCUT2D eigenvalue weighted by atomic mass is 9.82. The Bertz CT molecular complexity index is 2050. The standard InChI is InChI=1S/C33H29N2O8P/c1-15(2)34-30(36)21-10-6-17-19-8-12-23-29-24(33(39)35(32(23)38)25(14-42-4)16(3)43-44(5,40)41)13-9-20(27(19)29)18-7-11-22(31(34)37)28(21)26(17)18/h6-13,15-16,25H,14H2,1-5H3,(H,40,41)/t16-,25-/m0/s1. The van der Waals surface area contributed by atoms with E-state index in [2.05, 4.69) is 0 Å². The van der Waals surface area contributed by atoms with Crippen molar-refractivity contribution in [3.05, 3.63) is 70.8 Å². The molecule has 0 radical (unpaired) electrons. The Labute approximate surface area is 252 Å². The van der Waals surface area contributed by atoms with Crippen LogP contribution in [0.25, 0.3) is 43.1 Å². The van der Waals surface area contributed by atoms with E-state index in [4.69, 9.17) is 9.26 Å². The Balaban J connectivity index is 1.48. The summed E-state index contributed by atoms with van der Waals surface area (Å²) in [5, 5.41) is 5.82. The van der Waals surface area contributed by atoms with Crippen LogP contribution < -0.4 is 0 Å². The maximum atomic E-state index is 14.0. The predicted octanol–water partition coefficient (Wildman–Crippen LogP) is 5.57. The molecule has 0 saturated heterocycles. The molecule has 0 saturated carbocycles. The first-order valence-electron chi connectivity index (χ1n) is 14.3. The van der Waals surface area contributed by atoms with Crippen LogP contribution in [0, 0.1) is 0 Å². The van der Waals surface area contributed by atoms with Crippen LogP contribution in [0.3, 0.4) is 0 Å². The maximum absolute atomic E-state index is 14.0. The molecular formula is C33H29N2O8P. The largest absolute Gasteiger partial charge is 0.382 e. The van der Waals surface area contributed by atoms with Crippen LogP contribution in [0.15, 0.2) is 48.5 Å². The van der Waals surface area contributed by atoms with Crippen molar-refractivity contribution in [3.63, 3.8) is 0 Å². The second-order valence-electron chi connectivity index (χ2n) is 11.8. The van der Waals surface area contributed by atoms with E-state index in [1.54, 1.807) is 24.3 Å². The van der Waals surface area contributed by atoms with Crippen LogP contribution in [0.5, 0.6) is 0 Å². The van der Waals surface area contributed by atoms with Crippen molar-refractivity contribution < 1.29 is 37.9 Å². The first kappa shape index (κ1) is 28.6. The molecule has 1 unspecified atom stereocenters. The van der Waals surface area contributed by atoms with Crippen LogP contribution in [-0.2, 0) is 13.8 Å². The highest BCUT2D eigenvalue weighted by Crippen LogP contribution is 2.47. The van der Waals surface area contributed by atoms with Crippen molar-refractivity contribution in [2.75, 3.05) is 20.4 Å². The number of amides is 4. The molecule has 44 heavy (non-hydrogen) atoms. The molecule has 3 atom stereocenters. The van der Waals surface area contributed by atoms with Crippen LogP contribution >= 0.6 is 7.60 Å². The highest BCUT2D eigenvalue weighted by molar-refractivity contribution is 7.51. The molecule has 0 aromatic heterocycles. The number of carbonyl (C=O) groups is 4. The zero-order valence-electron chi connectivity index (χ0n) is 24.7. The molecule has 224 valence electrons. The summed E-state index contributed by atoms with van der Waals surface area (Å²) >= 11 is 0. The molecule has 2 aliphatic heterocycles. The Kier molecular flexibility index (Phi) is 6.26. The summed E-state index contributed by atoms with van der Waals surface area (Å²) < 4.78 is 22.6. The smallest absolute Gasteiger partial charge is 0.325 e. The fraction of sp³-hybridized carbons (Fsp3) is 0.273. The number of rotatable bonds is 7. The highest BCUT2D eigenvalue weighted by Gasteiger charge is 2.42. The molecule has 10 nitrogen and oxygen atoms in total. The molecule has 11 heteroatoms. The summed E-state index contributed by atoms with van der Waals surface area (Å²) in [5.41, 5.74) is 1.54. The summed E-state index contributed by atoms with van der Waals surface area (Å²) in [6, 6.07) is 13.0. The number of benzene rings is 5. The third-order valence-corrected chi connectivity index (χ3v) is 9.51. The zero-order chi connectivity index (χ0) is 31.4. The topological polar surface area (TPSA) is 131 Å².